The number of hydrogen-bond donors (Lipinski definition) is 0. The fraction of sp³-hybridized carbons (Fsp3) is 0.100. The van der Waals surface area contributed by atoms with Crippen LogP contribution in [0.2, 0.25) is 5.02 Å². The SMILES string of the molecule is COc1ccc(C2=C/C(=C\c3cc(Cl)cc(I)c3OC(C)=O)C(=O)O2)cc1. The predicted molar refractivity (Wildman–Crippen MR) is 111 cm³/mol. The molecule has 0 amide bonds. The molecule has 1 aliphatic rings. The average molecular weight is 497 g/mol. The van der Waals surface area contributed by atoms with E-state index in [4.69, 9.17) is 25.8 Å². The third kappa shape index (κ3) is 4.51. The van der Waals surface area contributed by atoms with Gasteiger partial charge in [-0.3, -0.25) is 4.79 Å². The monoisotopic (exact) mass is 496 g/mol. The molecule has 0 saturated heterocycles. The molecule has 0 spiro atoms. The Morgan fingerprint density at radius 2 is 1.93 bits per heavy atom. The van der Waals surface area contributed by atoms with E-state index in [0.717, 1.165) is 5.56 Å². The number of hydrogen-bond acceptors (Lipinski definition) is 5. The van der Waals surface area contributed by atoms with Gasteiger partial charge in [0.25, 0.3) is 0 Å². The summed E-state index contributed by atoms with van der Waals surface area (Å²) in [7, 11) is 1.58. The number of ether oxygens (including phenoxy) is 3. The lowest BCUT2D eigenvalue weighted by molar-refractivity contribution is -0.132. The Balaban J connectivity index is 2.00. The number of methoxy groups -OCH3 is 1. The number of esters is 2. The first-order chi connectivity index (χ1) is 12.9. The molecule has 0 unspecified atom stereocenters. The third-order valence-corrected chi connectivity index (χ3v) is 4.71. The van der Waals surface area contributed by atoms with E-state index in [9.17, 15) is 9.59 Å². The average Bonchev–Trinajstić information content (AvgIpc) is 2.98. The summed E-state index contributed by atoms with van der Waals surface area (Å²) < 4.78 is 16.4. The van der Waals surface area contributed by atoms with Crippen molar-refractivity contribution >= 4 is 58.0 Å². The van der Waals surface area contributed by atoms with Crippen LogP contribution in [0, 0.1) is 3.57 Å². The molecule has 0 aromatic heterocycles. The summed E-state index contributed by atoms with van der Waals surface area (Å²) >= 11 is 8.14. The molecule has 0 N–H and O–H groups in total. The van der Waals surface area contributed by atoms with Gasteiger partial charge in [0.1, 0.15) is 11.5 Å². The molecule has 0 atom stereocenters. The Hall–Kier alpha value is -2.32. The molecule has 0 fully saturated rings. The third-order valence-electron chi connectivity index (χ3n) is 3.69. The second kappa shape index (κ2) is 8.14. The topological polar surface area (TPSA) is 61.8 Å². The maximum atomic E-state index is 12.3. The van der Waals surface area contributed by atoms with E-state index in [-0.39, 0.29) is 0 Å². The molecule has 3 rings (SSSR count). The molecular formula is C20H14ClIO5. The van der Waals surface area contributed by atoms with E-state index in [2.05, 4.69) is 0 Å². The van der Waals surface area contributed by atoms with Crippen molar-refractivity contribution in [2.45, 2.75) is 6.92 Å². The predicted octanol–water partition coefficient (Wildman–Crippen LogP) is 4.86. The van der Waals surface area contributed by atoms with Gasteiger partial charge >= 0.3 is 11.9 Å². The fourth-order valence-electron chi connectivity index (χ4n) is 2.49. The van der Waals surface area contributed by atoms with Crippen molar-refractivity contribution < 1.29 is 23.8 Å². The van der Waals surface area contributed by atoms with E-state index in [1.807, 2.05) is 22.6 Å². The maximum absolute atomic E-state index is 12.3. The van der Waals surface area contributed by atoms with Gasteiger partial charge in [-0.1, -0.05) is 11.6 Å². The second-order valence-electron chi connectivity index (χ2n) is 5.63. The summed E-state index contributed by atoms with van der Waals surface area (Å²) in [6, 6.07) is 10.5. The van der Waals surface area contributed by atoms with E-state index < -0.39 is 11.9 Å². The number of halogens is 2. The zero-order valence-electron chi connectivity index (χ0n) is 14.4. The molecule has 27 heavy (non-hydrogen) atoms. The number of carbonyl (C=O) groups is 2. The lowest BCUT2D eigenvalue weighted by Gasteiger charge is -2.09. The lowest BCUT2D eigenvalue weighted by atomic mass is 10.1. The van der Waals surface area contributed by atoms with E-state index in [0.29, 0.717) is 37.0 Å². The first kappa shape index (κ1) is 19.4. The molecule has 0 radical (unpaired) electrons. The molecule has 0 saturated carbocycles. The number of carbonyl (C=O) groups excluding carboxylic acids is 2. The Morgan fingerprint density at radius 1 is 1.22 bits per heavy atom. The Morgan fingerprint density at radius 3 is 2.56 bits per heavy atom. The van der Waals surface area contributed by atoms with Gasteiger partial charge in [-0.05, 0) is 71.1 Å². The van der Waals surface area contributed by atoms with Gasteiger partial charge in [0.15, 0.2) is 5.75 Å². The summed E-state index contributed by atoms with van der Waals surface area (Å²) in [5.41, 5.74) is 1.59. The first-order valence-corrected chi connectivity index (χ1v) is 9.30. The number of benzene rings is 2. The Bertz CT molecular complexity index is 977. The minimum atomic E-state index is -0.496. The molecule has 2 aromatic rings. The van der Waals surface area contributed by atoms with Crippen LogP contribution in [-0.4, -0.2) is 19.0 Å². The van der Waals surface area contributed by atoms with Crippen LogP contribution in [0.4, 0.5) is 0 Å². The van der Waals surface area contributed by atoms with Crippen LogP contribution in [0.1, 0.15) is 18.1 Å². The van der Waals surface area contributed by atoms with Crippen molar-refractivity contribution in [3.05, 3.63) is 67.8 Å². The summed E-state index contributed by atoms with van der Waals surface area (Å²) in [6.45, 7) is 1.31. The van der Waals surface area contributed by atoms with Crippen LogP contribution in [0.15, 0.2) is 48.0 Å². The van der Waals surface area contributed by atoms with Crippen molar-refractivity contribution in [1.82, 2.24) is 0 Å². The van der Waals surface area contributed by atoms with Crippen molar-refractivity contribution in [3.8, 4) is 11.5 Å². The molecule has 2 aromatic carbocycles. The highest BCUT2D eigenvalue weighted by atomic mass is 127. The summed E-state index contributed by atoms with van der Waals surface area (Å²) in [4.78, 5) is 23.7. The van der Waals surface area contributed by atoms with Crippen LogP contribution >= 0.6 is 34.2 Å². The van der Waals surface area contributed by atoms with Gasteiger partial charge in [0.2, 0.25) is 0 Å². The van der Waals surface area contributed by atoms with Gasteiger partial charge in [-0.2, -0.15) is 0 Å². The molecule has 0 bridgehead atoms. The highest BCUT2D eigenvalue weighted by molar-refractivity contribution is 14.1. The lowest BCUT2D eigenvalue weighted by Crippen LogP contribution is -2.05. The summed E-state index contributed by atoms with van der Waals surface area (Å²) in [5.74, 6) is 0.528. The zero-order valence-corrected chi connectivity index (χ0v) is 17.3. The van der Waals surface area contributed by atoms with E-state index in [1.165, 1.54) is 6.92 Å². The summed E-state index contributed by atoms with van der Waals surface area (Å²) in [6.07, 6.45) is 3.22. The minimum absolute atomic E-state index is 0.326. The van der Waals surface area contributed by atoms with Crippen molar-refractivity contribution in [3.63, 3.8) is 0 Å². The second-order valence-corrected chi connectivity index (χ2v) is 7.22. The van der Waals surface area contributed by atoms with Crippen LogP contribution in [0.3, 0.4) is 0 Å². The van der Waals surface area contributed by atoms with Crippen molar-refractivity contribution in [2.24, 2.45) is 0 Å². The zero-order chi connectivity index (χ0) is 19.6. The molecule has 5 nitrogen and oxygen atoms in total. The quantitative estimate of drug-likeness (QED) is 0.262. The van der Waals surface area contributed by atoms with Gasteiger partial charge in [0, 0.05) is 23.1 Å². The Kier molecular flexibility index (Phi) is 5.86. The summed E-state index contributed by atoms with van der Waals surface area (Å²) in [5, 5.41) is 0.466. The van der Waals surface area contributed by atoms with Gasteiger partial charge in [0.05, 0.1) is 16.3 Å². The molecule has 1 heterocycles. The van der Waals surface area contributed by atoms with Gasteiger partial charge in [-0.15, -0.1) is 0 Å². The number of rotatable bonds is 4. The Labute approximate surface area is 174 Å². The highest BCUT2D eigenvalue weighted by Gasteiger charge is 2.23. The van der Waals surface area contributed by atoms with Crippen molar-refractivity contribution in [2.75, 3.05) is 7.11 Å². The van der Waals surface area contributed by atoms with Crippen molar-refractivity contribution in [1.29, 1.82) is 0 Å². The van der Waals surface area contributed by atoms with Crippen LogP contribution in [0.5, 0.6) is 11.5 Å². The maximum Gasteiger partial charge on any atom is 0.343 e. The standard InChI is InChI=1S/C20H14ClIO5/c1-11(23)26-19-13(8-15(21)10-17(19)22)7-14-9-18(27-20(14)24)12-3-5-16(25-2)6-4-12/h3-10H,1-2H3/b14-7+. The molecule has 1 aliphatic heterocycles. The van der Waals surface area contributed by atoms with Crippen LogP contribution in [0.25, 0.3) is 11.8 Å². The van der Waals surface area contributed by atoms with E-state index in [1.54, 1.807) is 55.7 Å². The molecule has 7 heteroatoms. The largest absolute Gasteiger partial charge is 0.497 e. The van der Waals surface area contributed by atoms with E-state index >= 15 is 0 Å². The van der Waals surface area contributed by atoms with Gasteiger partial charge < -0.3 is 14.2 Å². The van der Waals surface area contributed by atoms with Crippen LogP contribution < -0.4 is 9.47 Å². The highest BCUT2D eigenvalue weighted by Crippen LogP contribution is 2.34. The van der Waals surface area contributed by atoms with Gasteiger partial charge in [-0.25, -0.2) is 4.79 Å². The molecular weight excluding hydrogens is 483 g/mol. The normalized spacial score (nSPS) is 14.7. The smallest absolute Gasteiger partial charge is 0.343 e. The fourth-order valence-corrected chi connectivity index (χ4v) is 3.66. The molecule has 138 valence electrons. The molecule has 0 aliphatic carbocycles. The van der Waals surface area contributed by atoms with Crippen LogP contribution in [-0.2, 0) is 14.3 Å². The number of cyclic esters (lactones) is 1. The first-order valence-electron chi connectivity index (χ1n) is 7.85. The minimum Gasteiger partial charge on any atom is -0.497 e.